The molecule has 1 aromatic heterocycles. The molecule has 2 N–H and O–H groups in total. The molecule has 1 fully saturated rings. The number of carbonyl (C=O) groups excluding carboxylic acids is 2. The predicted octanol–water partition coefficient (Wildman–Crippen LogP) is 3.58. The van der Waals surface area contributed by atoms with Crippen LogP contribution in [0.25, 0.3) is 10.4 Å². The smallest absolute Gasteiger partial charge is 0.321 e. The van der Waals surface area contributed by atoms with Crippen molar-refractivity contribution < 1.29 is 18.4 Å². The number of anilines is 1. The number of aromatic nitrogens is 1. The average Bonchev–Trinajstić information content (AvgIpc) is 3.46. The Labute approximate surface area is 205 Å². The lowest BCUT2D eigenvalue weighted by Gasteiger charge is -2.36. The third kappa shape index (κ3) is 4.76. The highest BCUT2D eigenvalue weighted by Gasteiger charge is 2.32. The van der Waals surface area contributed by atoms with E-state index in [0.29, 0.717) is 48.9 Å². The number of nitrogens with zero attached hydrogens (tertiary/aromatic N) is 3. The van der Waals surface area contributed by atoms with Gasteiger partial charge in [-0.15, -0.1) is 11.3 Å². The number of fused-ring (bicyclic) bond motifs is 1. The third-order valence-corrected chi connectivity index (χ3v) is 7.35. The first-order valence-electron chi connectivity index (χ1n) is 11.5. The molecular weight excluding hydrogens is 472 g/mol. The van der Waals surface area contributed by atoms with Gasteiger partial charge in [-0.3, -0.25) is 9.69 Å². The minimum atomic E-state index is -0.382. The maximum absolute atomic E-state index is 13.7. The average molecular weight is 498 g/mol. The Kier molecular flexibility index (Phi) is 6.48. The summed E-state index contributed by atoms with van der Waals surface area (Å²) in [5.41, 5.74) is 2.59. The Bertz CT molecular complexity index is 1260. The van der Waals surface area contributed by atoms with Crippen LogP contribution < -0.4 is 15.5 Å². The van der Waals surface area contributed by atoms with E-state index in [1.165, 1.54) is 40.5 Å². The molecule has 2 aromatic carbocycles. The van der Waals surface area contributed by atoms with Gasteiger partial charge in [-0.1, -0.05) is 18.2 Å². The summed E-state index contributed by atoms with van der Waals surface area (Å²) in [6.07, 6.45) is 0.675. The molecule has 0 spiro atoms. The second-order valence-electron chi connectivity index (χ2n) is 8.63. The van der Waals surface area contributed by atoms with Crippen molar-refractivity contribution in [2.45, 2.75) is 19.4 Å². The van der Waals surface area contributed by atoms with Gasteiger partial charge in [-0.2, -0.15) is 0 Å². The fourth-order valence-corrected chi connectivity index (χ4v) is 5.50. The van der Waals surface area contributed by atoms with E-state index in [2.05, 4.69) is 15.6 Å². The van der Waals surface area contributed by atoms with Crippen LogP contribution in [0.2, 0.25) is 0 Å². The highest BCUT2D eigenvalue weighted by Crippen LogP contribution is 2.32. The van der Waals surface area contributed by atoms with Crippen LogP contribution in [0.1, 0.15) is 21.1 Å². The maximum atomic E-state index is 13.7. The maximum Gasteiger partial charge on any atom is 0.321 e. The highest BCUT2D eigenvalue weighted by molar-refractivity contribution is 7.15. The Morgan fingerprint density at radius 1 is 1.14 bits per heavy atom. The molecule has 35 heavy (non-hydrogen) atoms. The van der Waals surface area contributed by atoms with Gasteiger partial charge in [-0.05, 0) is 48.7 Å². The fourth-order valence-electron chi connectivity index (χ4n) is 4.58. The van der Waals surface area contributed by atoms with Crippen molar-refractivity contribution in [3.63, 3.8) is 0 Å². The number of aryl methyl sites for hydroxylation is 1. The van der Waals surface area contributed by atoms with E-state index in [9.17, 15) is 18.4 Å². The summed E-state index contributed by atoms with van der Waals surface area (Å²) >= 11 is 1.39. The van der Waals surface area contributed by atoms with Crippen molar-refractivity contribution in [3.8, 4) is 10.4 Å². The molecule has 0 bridgehead atoms. The van der Waals surface area contributed by atoms with Crippen molar-refractivity contribution >= 4 is 29.0 Å². The number of rotatable bonds is 4. The monoisotopic (exact) mass is 497 g/mol. The van der Waals surface area contributed by atoms with Crippen LogP contribution in [0, 0.1) is 18.6 Å². The topological polar surface area (TPSA) is 77.6 Å². The molecular formula is C25H25F2N5O2S. The summed E-state index contributed by atoms with van der Waals surface area (Å²) in [4.78, 5) is 35.0. The van der Waals surface area contributed by atoms with Crippen LogP contribution >= 0.6 is 11.3 Å². The zero-order chi connectivity index (χ0) is 24.5. The number of hydrogen-bond donors (Lipinski definition) is 2. The van der Waals surface area contributed by atoms with E-state index >= 15 is 0 Å². The third-order valence-electron chi connectivity index (χ3n) is 6.33. The predicted molar refractivity (Wildman–Crippen MR) is 131 cm³/mol. The van der Waals surface area contributed by atoms with E-state index in [-0.39, 0.29) is 36.2 Å². The number of urea groups is 1. The van der Waals surface area contributed by atoms with E-state index in [0.717, 1.165) is 16.1 Å². The first-order chi connectivity index (χ1) is 16.9. The Morgan fingerprint density at radius 2 is 1.91 bits per heavy atom. The number of halogens is 2. The lowest BCUT2D eigenvalue weighted by atomic mass is 10.1. The zero-order valence-corrected chi connectivity index (χ0v) is 20.0. The van der Waals surface area contributed by atoms with Crippen molar-refractivity contribution in [1.29, 1.82) is 0 Å². The Hall–Kier alpha value is -3.37. The molecule has 5 rings (SSSR count). The number of thiazole rings is 1. The molecule has 1 saturated heterocycles. The molecule has 3 heterocycles. The van der Waals surface area contributed by atoms with Gasteiger partial charge in [0.15, 0.2) is 0 Å². The summed E-state index contributed by atoms with van der Waals surface area (Å²) in [6.45, 7) is 4.18. The van der Waals surface area contributed by atoms with Gasteiger partial charge in [0.05, 0.1) is 21.6 Å². The van der Waals surface area contributed by atoms with Crippen molar-refractivity contribution in [3.05, 3.63) is 70.4 Å². The molecule has 3 amide bonds. The van der Waals surface area contributed by atoms with Crippen molar-refractivity contribution in [1.82, 2.24) is 20.5 Å². The van der Waals surface area contributed by atoms with Crippen LogP contribution in [0.5, 0.6) is 0 Å². The van der Waals surface area contributed by atoms with Gasteiger partial charge in [-0.25, -0.2) is 18.6 Å². The first-order valence-corrected chi connectivity index (χ1v) is 12.3. The largest absolute Gasteiger partial charge is 0.336 e. The molecule has 182 valence electrons. The van der Waals surface area contributed by atoms with Gasteiger partial charge in [0, 0.05) is 32.7 Å². The van der Waals surface area contributed by atoms with Crippen LogP contribution in [-0.4, -0.2) is 60.6 Å². The molecule has 0 aliphatic carbocycles. The number of benzene rings is 2. The first kappa shape index (κ1) is 23.4. The van der Waals surface area contributed by atoms with E-state index in [1.807, 2.05) is 6.92 Å². The lowest BCUT2D eigenvalue weighted by molar-refractivity contribution is 0.0632. The summed E-state index contributed by atoms with van der Waals surface area (Å²) in [6, 6.07) is 9.91. The van der Waals surface area contributed by atoms with Crippen LogP contribution in [0.3, 0.4) is 0 Å². The summed E-state index contributed by atoms with van der Waals surface area (Å²) in [5.74, 6) is -0.945. The molecule has 3 aromatic rings. The normalized spacial score (nSPS) is 17.4. The summed E-state index contributed by atoms with van der Waals surface area (Å²) in [7, 11) is 0. The summed E-state index contributed by atoms with van der Waals surface area (Å²) < 4.78 is 27.1. The zero-order valence-electron chi connectivity index (χ0n) is 19.2. The van der Waals surface area contributed by atoms with Gasteiger partial charge < -0.3 is 15.5 Å². The standard InChI is InChI=1S/C25H25F2N5O2S/c1-15-30-22(23(35-15)17-3-5-18(26)6-4-17)24(33)31-11-9-28-13-20(31)14-29-25(34)32-10-8-16-2-7-19(27)12-21(16)32/h2-7,12,20,28H,8-11,13-14H2,1H3,(H,29,34)/t20-/m0/s1. The van der Waals surface area contributed by atoms with Crippen LogP contribution in [-0.2, 0) is 6.42 Å². The lowest BCUT2D eigenvalue weighted by Crippen LogP contribution is -2.58. The van der Waals surface area contributed by atoms with Crippen LogP contribution in [0.15, 0.2) is 42.5 Å². The van der Waals surface area contributed by atoms with Crippen LogP contribution in [0.4, 0.5) is 19.3 Å². The molecule has 2 aliphatic rings. The number of piperazine rings is 1. The van der Waals surface area contributed by atoms with E-state index in [4.69, 9.17) is 0 Å². The van der Waals surface area contributed by atoms with Gasteiger partial charge in [0.1, 0.15) is 17.3 Å². The van der Waals surface area contributed by atoms with Crippen molar-refractivity contribution in [2.24, 2.45) is 0 Å². The molecule has 10 heteroatoms. The number of hydrogen-bond acceptors (Lipinski definition) is 5. The van der Waals surface area contributed by atoms with E-state index in [1.54, 1.807) is 23.1 Å². The minimum absolute atomic E-state index is 0.219. The highest BCUT2D eigenvalue weighted by atomic mass is 32.1. The Morgan fingerprint density at radius 3 is 2.71 bits per heavy atom. The number of nitrogens with one attached hydrogen (secondary N) is 2. The summed E-state index contributed by atoms with van der Waals surface area (Å²) in [5, 5.41) is 6.94. The Balaban J connectivity index is 1.31. The quantitative estimate of drug-likeness (QED) is 0.578. The van der Waals surface area contributed by atoms with Crippen molar-refractivity contribution in [2.75, 3.05) is 37.6 Å². The fraction of sp³-hybridized carbons (Fsp3) is 0.320. The molecule has 0 unspecified atom stereocenters. The molecule has 2 aliphatic heterocycles. The number of carbonyl (C=O) groups is 2. The van der Waals surface area contributed by atoms with E-state index < -0.39 is 0 Å². The molecule has 7 nitrogen and oxygen atoms in total. The SMILES string of the molecule is Cc1nc(C(=O)N2CCNC[C@H]2CNC(=O)N2CCc3ccc(F)cc32)c(-c2ccc(F)cc2)s1. The van der Waals surface area contributed by atoms with Gasteiger partial charge in [0.2, 0.25) is 0 Å². The van der Waals surface area contributed by atoms with Gasteiger partial charge in [0.25, 0.3) is 5.91 Å². The minimum Gasteiger partial charge on any atom is -0.336 e. The molecule has 0 radical (unpaired) electrons. The number of amides is 3. The molecule has 1 atom stereocenters. The van der Waals surface area contributed by atoms with Gasteiger partial charge >= 0.3 is 6.03 Å². The second kappa shape index (κ2) is 9.71. The second-order valence-corrected chi connectivity index (χ2v) is 9.84. The molecule has 0 saturated carbocycles.